The highest BCUT2D eigenvalue weighted by Crippen LogP contribution is 2.44. The third kappa shape index (κ3) is 3.52. The maximum absolute atomic E-state index is 15.0. The number of alkyl halides is 2. The third-order valence-electron chi connectivity index (χ3n) is 5.37. The Labute approximate surface area is 171 Å². The summed E-state index contributed by atoms with van der Waals surface area (Å²) in [5.74, 6) is 1.20. The molecule has 2 amide bonds. The second-order valence-electron chi connectivity index (χ2n) is 7.86. The highest BCUT2D eigenvalue weighted by atomic mass is 19.3. The predicted molar refractivity (Wildman–Crippen MR) is 103 cm³/mol. The third-order valence-corrected chi connectivity index (χ3v) is 5.37. The monoisotopic (exact) mass is 418 g/mol. The fraction of sp³-hybridized carbons (Fsp3) is 0.429. The van der Waals surface area contributed by atoms with E-state index >= 15 is 0 Å². The van der Waals surface area contributed by atoms with Gasteiger partial charge in [0, 0.05) is 35.9 Å². The van der Waals surface area contributed by atoms with Gasteiger partial charge in [-0.25, -0.2) is 18.0 Å². The number of amides is 2. The lowest BCUT2D eigenvalue weighted by atomic mass is 9.81. The molecular weight excluding hydrogens is 397 g/mol. The number of nitrogens with one attached hydrogen (secondary N) is 2. The second-order valence-corrected chi connectivity index (χ2v) is 7.86. The van der Waals surface area contributed by atoms with Crippen molar-refractivity contribution >= 4 is 11.7 Å². The summed E-state index contributed by atoms with van der Waals surface area (Å²) in [5, 5.41) is 18.2. The number of nitrogens with zero attached hydrogens (tertiary/aromatic N) is 2. The summed E-state index contributed by atoms with van der Waals surface area (Å²) in [6.45, 7) is 2.19. The average Bonchev–Trinajstić information content (AvgIpc) is 3.42. The lowest BCUT2D eigenvalue weighted by Crippen LogP contribution is -2.59. The first-order valence-corrected chi connectivity index (χ1v) is 9.59. The van der Waals surface area contributed by atoms with Gasteiger partial charge in [-0.05, 0) is 37.5 Å². The van der Waals surface area contributed by atoms with Crippen molar-refractivity contribution in [2.45, 2.75) is 51.3 Å². The van der Waals surface area contributed by atoms with Gasteiger partial charge in [0.2, 0.25) is 0 Å². The second kappa shape index (κ2) is 7.06. The Morgan fingerprint density at radius 3 is 2.73 bits per heavy atom. The van der Waals surface area contributed by atoms with Crippen LogP contribution < -0.4 is 10.6 Å². The predicted octanol–water partition coefficient (Wildman–Crippen LogP) is 3.27. The molecule has 2 aliphatic rings. The normalized spacial score (nSPS) is 20.7. The van der Waals surface area contributed by atoms with Gasteiger partial charge in [0.05, 0.1) is 18.8 Å². The summed E-state index contributed by atoms with van der Waals surface area (Å²) in [7, 11) is 0. The van der Waals surface area contributed by atoms with Crippen molar-refractivity contribution < 1.29 is 23.1 Å². The first-order valence-electron chi connectivity index (χ1n) is 9.59. The molecule has 3 N–H and O–H groups in total. The molecular formula is C21H21F3N4O2. The van der Waals surface area contributed by atoms with Gasteiger partial charge >= 0.3 is 6.03 Å². The molecule has 1 saturated carbocycles. The van der Waals surface area contributed by atoms with E-state index in [0.717, 1.165) is 24.5 Å². The molecule has 1 aliphatic heterocycles. The number of hydrogen-bond donors (Lipinski definition) is 3. The molecule has 0 unspecified atom stereocenters. The summed E-state index contributed by atoms with van der Waals surface area (Å²) in [5.41, 5.74) is -0.991. The number of carbonyl (C=O) groups excluding carboxylic acids is 1. The number of rotatable bonds is 4. The van der Waals surface area contributed by atoms with Crippen LogP contribution in [0, 0.1) is 30.5 Å². The van der Waals surface area contributed by atoms with Crippen LogP contribution in [0.2, 0.25) is 0 Å². The van der Waals surface area contributed by atoms with Crippen LogP contribution in [0.25, 0.3) is 0 Å². The van der Waals surface area contributed by atoms with Crippen molar-refractivity contribution in [1.29, 1.82) is 0 Å². The summed E-state index contributed by atoms with van der Waals surface area (Å²) in [6.07, 6.45) is 3.30. The van der Waals surface area contributed by atoms with Crippen molar-refractivity contribution in [2.24, 2.45) is 5.92 Å². The van der Waals surface area contributed by atoms with E-state index in [-0.39, 0.29) is 35.9 Å². The quantitative estimate of drug-likeness (QED) is 0.667. The standard InChI is InChI=1S/C21H21F3N4O2/c1-12-9-28(27-18(12)11-29)10-14-7-17-15(8-16(14)22)21(20(2,23)24,26-19(30)25-17)6-5-13-3-4-13/h7-9,13,29H,3-4,10-11H2,1-2H3,(H2,25,26,30)/t21-/m0/s1. The largest absolute Gasteiger partial charge is 0.390 e. The van der Waals surface area contributed by atoms with E-state index in [4.69, 9.17) is 0 Å². The minimum absolute atomic E-state index is 0.00647. The van der Waals surface area contributed by atoms with E-state index in [1.165, 1.54) is 10.7 Å². The Morgan fingerprint density at radius 2 is 2.13 bits per heavy atom. The van der Waals surface area contributed by atoms with E-state index in [1.807, 2.05) is 0 Å². The van der Waals surface area contributed by atoms with Gasteiger partial charge in [0.25, 0.3) is 5.92 Å². The molecule has 4 rings (SSSR count). The van der Waals surface area contributed by atoms with Crippen LogP contribution >= 0.6 is 0 Å². The van der Waals surface area contributed by atoms with Crippen LogP contribution in [-0.2, 0) is 18.7 Å². The van der Waals surface area contributed by atoms with Crippen molar-refractivity contribution in [3.05, 3.63) is 46.5 Å². The lowest BCUT2D eigenvalue weighted by molar-refractivity contribution is -0.0465. The number of halogens is 3. The number of carbonyl (C=O) groups is 1. The number of benzene rings is 1. The van der Waals surface area contributed by atoms with Crippen LogP contribution in [0.4, 0.5) is 23.7 Å². The van der Waals surface area contributed by atoms with Gasteiger partial charge in [0.1, 0.15) is 5.82 Å². The summed E-state index contributed by atoms with van der Waals surface area (Å²) < 4.78 is 45.9. The van der Waals surface area contributed by atoms with E-state index < -0.39 is 23.3 Å². The summed E-state index contributed by atoms with van der Waals surface area (Å²) in [6, 6.07) is 1.50. The smallest absolute Gasteiger partial charge is 0.320 e. The van der Waals surface area contributed by atoms with Gasteiger partial charge in [-0.1, -0.05) is 11.8 Å². The molecule has 158 valence electrons. The number of anilines is 1. The van der Waals surface area contributed by atoms with Crippen molar-refractivity contribution in [3.8, 4) is 11.8 Å². The maximum Gasteiger partial charge on any atom is 0.320 e. The van der Waals surface area contributed by atoms with E-state index in [1.54, 1.807) is 13.1 Å². The number of aliphatic hydroxyl groups is 1. The summed E-state index contributed by atoms with van der Waals surface area (Å²) in [4.78, 5) is 12.2. The van der Waals surface area contributed by atoms with Gasteiger partial charge in [0.15, 0.2) is 5.54 Å². The molecule has 0 radical (unpaired) electrons. The number of urea groups is 1. The number of aryl methyl sites for hydroxylation is 1. The number of aliphatic hydroxyl groups excluding tert-OH is 1. The minimum atomic E-state index is -3.45. The fourth-order valence-electron chi connectivity index (χ4n) is 3.51. The highest BCUT2D eigenvalue weighted by Gasteiger charge is 2.55. The Balaban J connectivity index is 1.79. The van der Waals surface area contributed by atoms with Crippen molar-refractivity contribution in [1.82, 2.24) is 15.1 Å². The van der Waals surface area contributed by atoms with Crippen LogP contribution in [0.3, 0.4) is 0 Å². The zero-order valence-corrected chi connectivity index (χ0v) is 16.5. The molecule has 6 nitrogen and oxygen atoms in total. The van der Waals surface area contributed by atoms with Crippen LogP contribution in [-0.4, -0.2) is 26.8 Å². The lowest BCUT2D eigenvalue weighted by Gasteiger charge is -2.40. The molecule has 30 heavy (non-hydrogen) atoms. The molecule has 1 aromatic heterocycles. The Hall–Kier alpha value is -2.99. The molecule has 0 spiro atoms. The fourth-order valence-corrected chi connectivity index (χ4v) is 3.51. The van der Waals surface area contributed by atoms with E-state index in [2.05, 4.69) is 27.6 Å². The molecule has 2 heterocycles. The Morgan fingerprint density at radius 1 is 1.40 bits per heavy atom. The van der Waals surface area contributed by atoms with E-state index in [0.29, 0.717) is 12.6 Å². The molecule has 0 bridgehead atoms. The van der Waals surface area contributed by atoms with Crippen LogP contribution in [0.1, 0.15) is 42.1 Å². The Bertz CT molecular complexity index is 1080. The highest BCUT2D eigenvalue weighted by molar-refractivity contribution is 5.95. The molecule has 9 heteroatoms. The topological polar surface area (TPSA) is 79.2 Å². The number of aromatic nitrogens is 2. The molecule has 1 atom stereocenters. The van der Waals surface area contributed by atoms with E-state index in [9.17, 15) is 23.1 Å². The first kappa shape index (κ1) is 20.3. The molecule has 1 aliphatic carbocycles. The van der Waals surface area contributed by atoms with Crippen LogP contribution in [0.15, 0.2) is 18.3 Å². The number of hydrogen-bond acceptors (Lipinski definition) is 3. The zero-order valence-electron chi connectivity index (χ0n) is 16.5. The summed E-state index contributed by atoms with van der Waals surface area (Å²) >= 11 is 0. The van der Waals surface area contributed by atoms with Crippen LogP contribution in [0.5, 0.6) is 0 Å². The maximum atomic E-state index is 15.0. The Kier molecular flexibility index (Phi) is 4.77. The average molecular weight is 418 g/mol. The van der Waals surface area contributed by atoms with Crippen molar-refractivity contribution in [3.63, 3.8) is 0 Å². The minimum Gasteiger partial charge on any atom is -0.390 e. The number of fused-ring (bicyclic) bond motifs is 1. The molecule has 1 aromatic carbocycles. The molecule has 1 fully saturated rings. The molecule has 0 saturated heterocycles. The zero-order chi connectivity index (χ0) is 21.7. The van der Waals surface area contributed by atoms with Gasteiger partial charge in [-0.3, -0.25) is 4.68 Å². The SMILES string of the molecule is Cc1cn(Cc2cc3c(cc2F)[C@@](C#CC2CC2)(C(C)(F)F)NC(=O)N3)nc1CO. The van der Waals surface area contributed by atoms with Gasteiger partial charge in [-0.15, -0.1) is 0 Å². The van der Waals surface area contributed by atoms with Crippen molar-refractivity contribution in [2.75, 3.05) is 5.32 Å². The molecule has 2 aromatic rings. The van der Waals surface area contributed by atoms with Gasteiger partial charge < -0.3 is 15.7 Å². The first-order chi connectivity index (χ1) is 14.1. The van der Waals surface area contributed by atoms with Gasteiger partial charge in [-0.2, -0.15) is 5.10 Å².